The maximum Gasteiger partial charge on any atom is 0.258 e. The van der Waals surface area contributed by atoms with Gasteiger partial charge in [0.1, 0.15) is 5.82 Å². The highest BCUT2D eigenvalue weighted by Crippen LogP contribution is 2.11. The van der Waals surface area contributed by atoms with Crippen LogP contribution in [0.3, 0.4) is 0 Å². The Morgan fingerprint density at radius 3 is 2.68 bits per heavy atom. The Balaban J connectivity index is 1.28. The molecule has 1 aliphatic rings. The second-order valence-electron chi connectivity index (χ2n) is 7.04. The summed E-state index contributed by atoms with van der Waals surface area (Å²) < 4.78 is 3.24. The molecule has 0 bridgehead atoms. The van der Waals surface area contributed by atoms with Crippen LogP contribution in [0.2, 0.25) is 0 Å². The van der Waals surface area contributed by atoms with Crippen LogP contribution in [0.15, 0.2) is 28.5 Å². The van der Waals surface area contributed by atoms with Crippen molar-refractivity contribution in [1.82, 2.24) is 29.0 Å². The number of carbonyl (C=O) groups excluding carboxylic acids is 1. The van der Waals surface area contributed by atoms with E-state index < -0.39 is 0 Å². The molecule has 0 radical (unpaired) electrons. The summed E-state index contributed by atoms with van der Waals surface area (Å²) in [5.41, 5.74) is 1.63. The fourth-order valence-electron chi connectivity index (χ4n) is 3.42. The van der Waals surface area contributed by atoms with Crippen molar-refractivity contribution in [3.05, 3.63) is 45.5 Å². The number of nitrogens with one attached hydrogen (secondary N) is 1. The predicted molar refractivity (Wildman–Crippen MR) is 108 cm³/mol. The lowest BCUT2D eigenvalue weighted by molar-refractivity contribution is -0.117. The standard InChI is InChI=1S/C18H23N7O2S/c1-13-9-15(22(2)21-13)20-16(26)12-24-5-3-23(4-6-24)11-14-10-17(27)25-7-8-28-18(25)19-14/h7-10H,3-6,11-12H2,1-2H3,(H,20,26). The number of aromatic nitrogens is 4. The minimum atomic E-state index is -0.0399. The molecule has 4 rings (SSSR count). The van der Waals surface area contributed by atoms with Crippen molar-refractivity contribution in [1.29, 1.82) is 0 Å². The molecule has 0 atom stereocenters. The summed E-state index contributed by atoms with van der Waals surface area (Å²) in [6.07, 6.45) is 1.75. The average Bonchev–Trinajstić information content (AvgIpc) is 3.23. The van der Waals surface area contributed by atoms with Gasteiger partial charge in [-0.1, -0.05) is 0 Å². The summed E-state index contributed by atoms with van der Waals surface area (Å²) in [4.78, 5) is 34.1. The third-order valence-corrected chi connectivity index (χ3v) is 5.60. The van der Waals surface area contributed by atoms with Crippen molar-refractivity contribution in [3.63, 3.8) is 0 Å². The first-order chi connectivity index (χ1) is 13.5. The van der Waals surface area contributed by atoms with Gasteiger partial charge in [0.05, 0.1) is 17.9 Å². The second kappa shape index (κ2) is 7.82. The average molecular weight is 401 g/mol. The molecule has 4 heterocycles. The van der Waals surface area contributed by atoms with Gasteiger partial charge in [-0.25, -0.2) is 4.98 Å². The van der Waals surface area contributed by atoms with Gasteiger partial charge in [-0.3, -0.25) is 28.5 Å². The zero-order chi connectivity index (χ0) is 19.7. The van der Waals surface area contributed by atoms with E-state index in [1.54, 1.807) is 21.3 Å². The Labute approximate surface area is 166 Å². The normalized spacial score (nSPS) is 15.9. The van der Waals surface area contributed by atoms with E-state index >= 15 is 0 Å². The molecule has 3 aromatic heterocycles. The lowest BCUT2D eigenvalue weighted by Gasteiger charge is -2.34. The summed E-state index contributed by atoms with van der Waals surface area (Å²) >= 11 is 1.46. The first-order valence-electron chi connectivity index (χ1n) is 9.19. The molecule has 1 N–H and O–H groups in total. The minimum absolute atomic E-state index is 0.0331. The number of amides is 1. The fourth-order valence-corrected chi connectivity index (χ4v) is 4.16. The molecule has 3 aromatic rings. The van der Waals surface area contributed by atoms with Crippen LogP contribution in [0.4, 0.5) is 5.82 Å². The third kappa shape index (κ3) is 4.13. The molecule has 0 aliphatic carbocycles. The van der Waals surface area contributed by atoms with E-state index in [0.29, 0.717) is 18.9 Å². The summed E-state index contributed by atoms with van der Waals surface area (Å²) in [6, 6.07) is 3.46. The van der Waals surface area contributed by atoms with Crippen LogP contribution in [0, 0.1) is 6.92 Å². The third-order valence-electron chi connectivity index (χ3n) is 4.84. The van der Waals surface area contributed by atoms with Gasteiger partial charge in [0.25, 0.3) is 5.56 Å². The number of rotatable bonds is 5. The predicted octanol–water partition coefficient (Wildman–Crippen LogP) is 0.554. The van der Waals surface area contributed by atoms with Gasteiger partial charge in [0, 0.05) is 63.5 Å². The summed E-state index contributed by atoms with van der Waals surface area (Å²) in [6.45, 7) is 6.19. The molecule has 1 amide bonds. The first-order valence-corrected chi connectivity index (χ1v) is 10.1. The molecule has 1 saturated heterocycles. The van der Waals surface area contributed by atoms with Crippen molar-refractivity contribution in [3.8, 4) is 0 Å². The first kappa shape index (κ1) is 18.8. The zero-order valence-electron chi connectivity index (χ0n) is 16.0. The monoisotopic (exact) mass is 401 g/mol. The van der Waals surface area contributed by atoms with E-state index in [2.05, 4.69) is 25.2 Å². The van der Waals surface area contributed by atoms with Crippen LogP contribution in [0.25, 0.3) is 4.96 Å². The van der Waals surface area contributed by atoms with Crippen molar-refractivity contribution >= 4 is 28.0 Å². The Morgan fingerprint density at radius 1 is 1.21 bits per heavy atom. The summed E-state index contributed by atoms with van der Waals surface area (Å²) in [7, 11) is 1.81. The molecule has 148 valence electrons. The van der Waals surface area contributed by atoms with Crippen LogP contribution in [0.1, 0.15) is 11.4 Å². The van der Waals surface area contributed by atoms with Crippen LogP contribution < -0.4 is 10.9 Å². The van der Waals surface area contributed by atoms with Crippen LogP contribution in [-0.2, 0) is 18.4 Å². The quantitative estimate of drug-likeness (QED) is 0.672. The number of hydrogen-bond acceptors (Lipinski definition) is 7. The number of fused-ring (bicyclic) bond motifs is 1. The Bertz CT molecular complexity index is 1050. The van der Waals surface area contributed by atoms with Crippen molar-refractivity contribution < 1.29 is 4.79 Å². The number of anilines is 1. The number of hydrogen-bond donors (Lipinski definition) is 1. The highest BCUT2D eigenvalue weighted by molar-refractivity contribution is 7.15. The smallest absolute Gasteiger partial charge is 0.258 e. The minimum Gasteiger partial charge on any atom is -0.310 e. The van der Waals surface area contributed by atoms with E-state index in [1.807, 2.05) is 25.4 Å². The zero-order valence-corrected chi connectivity index (χ0v) is 16.8. The number of thiazole rings is 1. The Morgan fingerprint density at radius 2 is 1.96 bits per heavy atom. The largest absolute Gasteiger partial charge is 0.310 e. The molecule has 0 unspecified atom stereocenters. The van der Waals surface area contributed by atoms with Gasteiger partial charge in [-0.05, 0) is 6.92 Å². The highest BCUT2D eigenvalue weighted by Gasteiger charge is 2.20. The maximum absolute atomic E-state index is 12.3. The van der Waals surface area contributed by atoms with Gasteiger partial charge in [0.2, 0.25) is 5.91 Å². The molecule has 0 saturated carbocycles. The topological polar surface area (TPSA) is 87.8 Å². The molecule has 0 spiro atoms. The number of aryl methyl sites for hydroxylation is 2. The number of nitrogens with zero attached hydrogens (tertiary/aromatic N) is 6. The van der Waals surface area contributed by atoms with Gasteiger partial charge >= 0.3 is 0 Å². The van der Waals surface area contributed by atoms with Crippen LogP contribution >= 0.6 is 11.3 Å². The van der Waals surface area contributed by atoms with Crippen LogP contribution in [-0.4, -0.2) is 67.6 Å². The van der Waals surface area contributed by atoms with E-state index in [1.165, 1.54) is 11.3 Å². The van der Waals surface area contributed by atoms with Crippen molar-refractivity contribution in [2.75, 3.05) is 38.0 Å². The molecule has 10 heteroatoms. The SMILES string of the molecule is Cc1cc(NC(=O)CN2CCN(Cc3cc(=O)n4ccsc4n3)CC2)n(C)n1. The van der Waals surface area contributed by atoms with Crippen molar-refractivity contribution in [2.45, 2.75) is 13.5 Å². The highest BCUT2D eigenvalue weighted by atomic mass is 32.1. The molecular formula is C18H23N7O2S. The van der Waals surface area contributed by atoms with Gasteiger partial charge in [0.15, 0.2) is 4.96 Å². The molecule has 1 aliphatic heterocycles. The van der Waals surface area contributed by atoms with Crippen LogP contribution in [0.5, 0.6) is 0 Å². The Kier molecular flexibility index (Phi) is 5.25. The van der Waals surface area contributed by atoms with E-state index in [4.69, 9.17) is 0 Å². The number of piperazine rings is 1. The van der Waals surface area contributed by atoms with E-state index in [-0.39, 0.29) is 11.5 Å². The second-order valence-corrected chi connectivity index (χ2v) is 7.91. The molecule has 0 aromatic carbocycles. The van der Waals surface area contributed by atoms with Gasteiger partial charge in [-0.2, -0.15) is 5.10 Å². The van der Waals surface area contributed by atoms with Crippen molar-refractivity contribution in [2.24, 2.45) is 7.05 Å². The summed E-state index contributed by atoms with van der Waals surface area (Å²) in [5, 5.41) is 9.01. The summed E-state index contributed by atoms with van der Waals surface area (Å²) in [5.74, 6) is 0.678. The number of carbonyl (C=O) groups is 1. The molecule has 1 fully saturated rings. The molecular weight excluding hydrogens is 378 g/mol. The molecule has 28 heavy (non-hydrogen) atoms. The fraction of sp³-hybridized carbons (Fsp3) is 0.444. The van der Waals surface area contributed by atoms with E-state index in [0.717, 1.165) is 42.5 Å². The van der Waals surface area contributed by atoms with E-state index in [9.17, 15) is 9.59 Å². The van der Waals surface area contributed by atoms with Gasteiger partial charge < -0.3 is 5.32 Å². The molecule has 9 nitrogen and oxygen atoms in total. The van der Waals surface area contributed by atoms with Gasteiger partial charge in [-0.15, -0.1) is 11.3 Å². The lowest BCUT2D eigenvalue weighted by Crippen LogP contribution is -2.48. The Hall–Kier alpha value is -2.56. The lowest BCUT2D eigenvalue weighted by atomic mass is 10.2. The maximum atomic E-state index is 12.3.